The number of rotatable bonds is 3. The van der Waals surface area contributed by atoms with E-state index < -0.39 is 17.6 Å². The summed E-state index contributed by atoms with van der Waals surface area (Å²) in [5.74, 6) is -0.947. The summed E-state index contributed by atoms with van der Waals surface area (Å²) in [6.07, 6.45) is 2.12. The highest BCUT2D eigenvalue weighted by molar-refractivity contribution is 7.99. The molecule has 1 aromatic rings. The third-order valence-corrected chi connectivity index (χ3v) is 3.83. The molecule has 2 heterocycles. The van der Waals surface area contributed by atoms with Crippen molar-refractivity contribution in [2.45, 2.75) is 12.8 Å². The predicted octanol–water partition coefficient (Wildman–Crippen LogP) is 3.05. The Bertz CT molecular complexity index is 395. The van der Waals surface area contributed by atoms with Crippen LogP contribution in [0.15, 0.2) is 6.07 Å². The maximum atomic E-state index is 13.2. The predicted molar refractivity (Wildman–Crippen MR) is 62.6 cm³/mol. The van der Waals surface area contributed by atoms with Gasteiger partial charge >= 0.3 is 0 Å². The molecule has 0 amide bonds. The van der Waals surface area contributed by atoms with Crippen molar-refractivity contribution in [3.05, 3.63) is 23.6 Å². The van der Waals surface area contributed by atoms with E-state index in [2.05, 4.69) is 10.3 Å². The molecule has 1 saturated heterocycles. The van der Waals surface area contributed by atoms with Crippen LogP contribution in [-0.2, 0) is 0 Å². The highest BCUT2D eigenvalue weighted by atomic mass is 32.2. The molecule has 94 valence electrons. The molecule has 0 aromatic carbocycles. The van der Waals surface area contributed by atoms with Crippen molar-refractivity contribution in [3.8, 4) is 0 Å². The van der Waals surface area contributed by atoms with Gasteiger partial charge in [0, 0.05) is 12.6 Å². The van der Waals surface area contributed by atoms with Gasteiger partial charge in [-0.1, -0.05) is 0 Å². The second kappa shape index (κ2) is 5.62. The molecule has 0 bridgehead atoms. The number of anilines is 1. The van der Waals surface area contributed by atoms with Crippen molar-refractivity contribution in [1.82, 2.24) is 4.98 Å². The molecule has 2 nitrogen and oxygen atoms in total. The topological polar surface area (TPSA) is 24.9 Å². The molecule has 0 spiro atoms. The minimum Gasteiger partial charge on any atom is -0.367 e. The minimum atomic E-state index is -1.27. The Hall–Kier alpha value is -0.910. The van der Waals surface area contributed by atoms with Crippen molar-refractivity contribution in [1.29, 1.82) is 0 Å². The fourth-order valence-corrected chi connectivity index (χ4v) is 2.96. The minimum absolute atomic E-state index is 0.206. The molecular formula is C11H13F3N2S. The summed E-state index contributed by atoms with van der Waals surface area (Å²) in [7, 11) is 0. The molecule has 1 aliphatic rings. The Morgan fingerprint density at radius 3 is 2.65 bits per heavy atom. The van der Waals surface area contributed by atoms with Crippen LogP contribution in [-0.4, -0.2) is 23.0 Å². The third kappa shape index (κ3) is 3.28. The van der Waals surface area contributed by atoms with Gasteiger partial charge in [0.1, 0.15) is 0 Å². The maximum absolute atomic E-state index is 13.2. The second-order valence-electron chi connectivity index (χ2n) is 4.03. The van der Waals surface area contributed by atoms with E-state index in [1.807, 2.05) is 11.8 Å². The standard InChI is InChI=1S/C11H13F3N2S/c12-8-5-9(13)11(16-10(8)14)15-6-7-1-3-17-4-2-7/h5,7H,1-4,6H2,(H,15,16). The Labute approximate surface area is 102 Å². The van der Waals surface area contributed by atoms with Gasteiger partial charge in [-0.3, -0.25) is 0 Å². The number of aromatic nitrogens is 1. The van der Waals surface area contributed by atoms with Gasteiger partial charge in [-0.2, -0.15) is 21.1 Å². The van der Waals surface area contributed by atoms with E-state index in [0.717, 1.165) is 24.3 Å². The van der Waals surface area contributed by atoms with Crippen molar-refractivity contribution < 1.29 is 13.2 Å². The lowest BCUT2D eigenvalue weighted by Crippen LogP contribution is -2.20. The fourth-order valence-electron chi connectivity index (χ4n) is 1.76. The first kappa shape index (κ1) is 12.5. The Balaban J connectivity index is 1.96. The van der Waals surface area contributed by atoms with Crippen molar-refractivity contribution >= 4 is 17.6 Å². The van der Waals surface area contributed by atoms with E-state index in [9.17, 15) is 13.2 Å². The quantitative estimate of drug-likeness (QED) is 0.847. The number of hydrogen-bond acceptors (Lipinski definition) is 3. The lowest BCUT2D eigenvalue weighted by Gasteiger charge is -2.21. The van der Waals surface area contributed by atoms with Gasteiger partial charge in [-0.25, -0.2) is 8.78 Å². The van der Waals surface area contributed by atoms with E-state index >= 15 is 0 Å². The van der Waals surface area contributed by atoms with E-state index in [1.54, 1.807) is 0 Å². The first-order chi connectivity index (χ1) is 8.16. The molecule has 2 rings (SSSR count). The number of halogens is 3. The molecule has 0 saturated carbocycles. The second-order valence-corrected chi connectivity index (χ2v) is 5.25. The first-order valence-electron chi connectivity index (χ1n) is 5.50. The summed E-state index contributed by atoms with van der Waals surface area (Å²) in [6, 6.07) is 0.515. The van der Waals surface area contributed by atoms with E-state index in [-0.39, 0.29) is 5.82 Å². The molecule has 17 heavy (non-hydrogen) atoms. The van der Waals surface area contributed by atoms with Gasteiger partial charge in [0.05, 0.1) is 0 Å². The van der Waals surface area contributed by atoms with Crippen molar-refractivity contribution in [2.24, 2.45) is 5.92 Å². The first-order valence-corrected chi connectivity index (χ1v) is 6.65. The van der Waals surface area contributed by atoms with Crippen LogP contribution in [0, 0.1) is 23.5 Å². The summed E-state index contributed by atoms with van der Waals surface area (Å²) in [6.45, 7) is 0.551. The van der Waals surface area contributed by atoms with Crippen LogP contribution < -0.4 is 5.32 Å². The Morgan fingerprint density at radius 2 is 1.94 bits per heavy atom. The number of nitrogens with one attached hydrogen (secondary N) is 1. The molecule has 0 aliphatic carbocycles. The molecule has 0 radical (unpaired) electrons. The lowest BCUT2D eigenvalue weighted by molar-refractivity contribution is 0.463. The largest absolute Gasteiger partial charge is 0.367 e. The number of thioether (sulfide) groups is 1. The van der Waals surface area contributed by atoms with Gasteiger partial charge in [0.2, 0.25) is 0 Å². The number of pyridine rings is 1. The number of hydrogen-bond donors (Lipinski definition) is 1. The van der Waals surface area contributed by atoms with Crippen LogP contribution >= 0.6 is 11.8 Å². The average molecular weight is 262 g/mol. The zero-order chi connectivity index (χ0) is 12.3. The molecule has 0 unspecified atom stereocenters. The summed E-state index contributed by atoms with van der Waals surface area (Å²) < 4.78 is 38.7. The maximum Gasteiger partial charge on any atom is 0.251 e. The van der Waals surface area contributed by atoms with Crippen LogP contribution in [0.1, 0.15) is 12.8 Å². The Kier molecular flexibility index (Phi) is 4.15. The van der Waals surface area contributed by atoms with Gasteiger partial charge in [-0.15, -0.1) is 0 Å². The summed E-state index contributed by atoms with van der Waals surface area (Å²) in [5.41, 5.74) is 0. The smallest absolute Gasteiger partial charge is 0.251 e. The van der Waals surface area contributed by atoms with Gasteiger partial charge in [0.25, 0.3) is 5.95 Å². The fraction of sp³-hybridized carbons (Fsp3) is 0.545. The van der Waals surface area contributed by atoms with Crippen LogP contribution in [0.4, 0.5) is 19.0 Å². The SMILES string of the molecule is Fc1cc(F)c(NCC2CCSCC2)nc1F. The molecule has 1 aromatic heterocycles. The lowest BCUT2D eigenvalue weighted by atomic mass is 10.0. The van der Waals surface area contributed by atoms with Crippen LogP contribution in [0.3, 0.4) is 0 Å². The van der Waals surface area contributed by atoms with Gasteiger partial charge in [0.15, 0.2) is 17.5 Å². The van der Waals surface area contributed by atoms with E-state index in [4.69, 9.17) is 0 Å². The van der Waals surface area contributed by atoms with Crippen LogP contribution in [0.5, 0.6) is 0 Å². The summed E-state index contributed by atoms with van der Waals surface area (Å²) in [5, 5.41) is 2.75. The monoisotopic (exact) mass is 262 g/mol. The zero-order valence-corrected chi connectivity index (χ0v) is 10.00. The van der Waals surface area contributed by atoms with Crippen molar-refractivity contribution in [2.75, 3.05) is 23.4 Å². The normalized spacial score (nSPS) is 17.1. The van der Waals surface area contributed by atoms with Crippen molar-refractivity contribution in [3.63, 3.8) is 0 Å². The molecule has 0 atom stereocenters. The van der Waals surface area contributed by atoms with Crippen LogP contribution in [0.25, 0.3) is 0 Å². The van der Waals surface area contributed by atoms with E-state index in [0.29, 0.717) is 18.5 Å². The van der Waals surface area contributed by atoms with Gasteiger partial charge in [-0.05, 0) is 30.3 Å². The summed E-state index contributed by atoms with van der Waals surface area (Å²) in [4.78, 5) is 3.22. The van der Waals surface area contributed by atoms with Crippen LogP contribution in [0.2, 0.25) is 0 Å². The highest BCUT2D eigenvalue weighted by Crippen LogP contribution is 2.23. The highest BCUT2D eigenvalue weighted by Gasteiger charge is 2.16. The molecule has 1 N–H and O–H groups in total. The zero-order valence-electron chi connectivity index (χ0n) is 9.18. The number of nitrogens with zero attached hydrogens (tertiary/aromatic N) is 1. The summed E-state index contributed by atoms with van der Waals surface area (Å²) >= 11 is 1.90. The molecular weight excluding hydrogens is 249 g/mol. The van der Waals surface area contributed by atoms with Gasteiger partial charge < -0.3 is 5.32 Å². The Morgan fingerprint density at radius 1 is 1.24 bits per heavy atom. The molecule has 1 aliphatic heterocycles. The third-order valence-electron chi connectivity index (χ3n) is 2.79. The molecule has 6 heteroatoms. The average Bonchev–Trinajstić information content (AvgIpc) is 2.33. The molecule has 1 fully saturated rings. The van der Waals surface area contributed by atoms with E-state index in [1.165, 1.54) is 0 Å².